The lowest BCUT2D eigenvalue weighted by molar-refractivity contribution is -0.276. The molecule has 0 saturated heterocycles. The van der Waals surface area contributed by atoms with E-state index in [0.29, 0.717) is 0 Å². The van der Waals surface area contributed by atoms with E-state index in [4.69, 9.17) is 11.5 Å². The fourth-order valence-corrected chi connectivity index (χ4v) is 1.09. The topological polar surface area (TPSA) is 74.2 Å². The normalized spacial score (nSPS) is 11.9. The summed E-state index contributed by atoms with van der Waals surface area (Å²) >= 11 is 0. The number of anilines is 1. The first-order valence-corrected chi connectivity index (χ1v) is 4.28. The minimum absolute atomic E-state index is 0.299. The van der Waals surface area contributed by atoms with Crippen molar-refractivity contribution in [3.05, 3.63) is 17.2 Å². The highest BCUT2D eigenvalue weighted by Gasteiger charge is 2.33. The van der Waals surface area contributed by atoms with Gasteiger partial charge in [0.1, 0.15) is 5.82 Å². The molecule has 0 aliphatic carbocycles. The van der Waals surface area contributed by atoms with Crippen LogP contribution in [0.2, 0.25) is 0 Å². The monoisotopic (exact) mass is 257 g/mol. The number of nitrogens with two attached hydrogens (primary N) is 2. The lowest BCUT2D eigenvalue weighted by Crippen LogP contribution is -2.20. The van der Waals surface area contributed by atoms with Crippen LogP contribution in [0.15, 0.2) is 6.07 Å². The first-order valence-electron chi connectivity index (χ1n) is 4.28. The van der Waals surface area contributed by atoms with Crippen LogP contribution >= 0.6 is 0 Å². The van der Waals surface area contributed by atoms with E-state index in [1.165, 1.54) is 0 Å². The summed E-state index contributed by atoms with van der Waals surface area (Å²) in [6.45, 7) is -0.432. The van der Waals surface area contributed by atoms with Gasteiger partial charge in [0.15, 0.2) is 0 Å². The summed E-state index contributed by atoms with van der Waals surface area (Å²) in [5, 5.41) is 0. The summed E-state index contributed by atoms with van der Waals surface area (Å²) in [5.41, 5.74) is 9.22. The van der Waals surface area contributed by atoms with Crippen LogP contribution in [0, 0.1) is 0 Å². The first kappa shape index (κ1) is 13.4. The smallest absolute Gasteiger partial charge is 0.387 e. The number of alkyl halides is 5. The summed E-state index contributed by atoms with van der Waals surface area (Å²) in [5.74, 6) is -1.64. The molecule has 0 aromatic carbocycles. The Morgan fingerprint density at radius 2 is 1.94 bits per heavy atom. The summed E-state index contributed by atoms with van der Waals surface area (Å²) in [7, 11) is 0. The van der Waals surface area contributed by atoms with Crippen LogP contribution in [0.25, 0.3) is 0 Å². The Kier molecular flexibility index (Phi) is 3.71. The SMILES string of the molecule is NCc1cc(C(F)F)c(N)nc1OC(F)(F)F. The second-order valence-electron chi connectivity index (χ2n) is 2.98. The number of rotatable bonds is 3. The fraction of sp³-hybridized carbons (Fsp3) is 0.375. The molecule has 17 heavy (non-hydrogen) atoms. The van der Waals surface area contributed by atoms with Gasteiger partial charge in [-0.15, -0.1) is 13.2 Å². The van der Waals surface area contributed by atoms with Gasteiger partial charge in [0.05, 0.1) is 5.56 Å². The van der Waals surface area contributed by atoms with Gasteiger partial charge in [-0.3, -0.25) is 0 Å². The molecule has 1 rings (SSSR count). The van der Waals surface area contributed by atoms with E-state index < -0.39 is 36.6 Å². The van der Waals surface area contributed by atoms with Crippen LogP contribution in [-0.4, -0.2) is 11.3 Å². The van der Waals surface area contributed by atoms with E-state index in [1.807, 2.05) is 0 Å². The molecule has 1 aromatic rings. The summed E-state index contributed by atoms with van der Waals surface area (Å²) in [6.07, 6.45) is -7.94. The summed E-state index contributed by atoms with van der Waals surface area (Å²) in [4.78, 5) is 3.13. The standard InChI is InChI=1S/C8H8F5N3O/c9-5(10)4-1-3(2-14)7(16-6(4)15)17-8(11,12)13/h1,5H,2,14H2,(H2,15,16). The lowest BCUT2D eigenvalue weighted by Gasteiger charge is -2.13. The Morgan fingerprint density at radius 1 is 1.35 bits per heavy atom. The van der Waals surface area contributed by atoms with Crippen molar-refractivity contribution in [2.24, 2.45) is 5.73 Å². The number of hydrogen-bond donors (Lipinski definition) is 2. The molecule has 0 radical (unpaired) electrons. The van der Waals surface area contributed by atoms with E-state index in [0.717, 1.165) is 6.07 Å². The third-order valence-electron chi connectivity index (χ3n) is 1.79. The van der Waals surface area contributed by atoms with Crippen LogP contribution in [-0.2, 0) is 6.54 Å². The second kappa shape index (κ2) is 4.70. The van der Waals surface area contributed by atoms with Crippen molar-refractivity contribution >= 4 is 5.82 Å². The molecule has 0 unspecified atom stereocenters. The number of aromatic nitrogens is 1. The number of hydrogen-bond acceptors (Lipinski definition) is 4. The molecule has 1 aromatic heterocycles. The zero-order valence-corrected chi connectivity index (χ0v) is 8.26. The van der Waals surface area contributed by atoms with Gasteiger partial charge in [-0.2, -0.15) is 4.98 Å². The Morgan fingerprint density at radius 3 is 2.35 bits per heavy atom. The quantitative estimate of drug-likeness (QED) is 0.812. The zero-order valence-electron chi connectivity index (χ0n) is 8.26. The van der Waals surface area contributed by atoms with Gasteiger partial charge in [0.25, 0.3) is 6.43 Å². The van der Waals surface area contributed by atoms with E-state index in [2.05, 4.69) is 9.72 Å². The van der Waals surface area contributed by atoms with E-state index >= 15 is 0 Å². The number of pyridine rings is 1. The Balaban J connectivity index is 3.19. The molecule has 4 nitrogen and oxygen atoms in total. The van der Waals surface area contributed by atoms with Gasteiger partial charge in [-0.05, 0) is 6.07 Å². The lowest BCUT2D eigenvalue weighted by atomic mass is 10.2. The maximum absolute atomic E-state index is 12.4. The number of ether oxygens (including phenoxy) is 1. The molecule has 0 saturated carbocycles. The van der Waals surface area contributed by atoms with Gasteiger partial charge in [0, 0.05) is 12.1 Å². The predicted octanol–water partition coefficient (Wildman–Crippen LogP) is 1.96. The van der Waals surface area contributed by atoms with Crippen LogP contribution in [0.5, 0.6) is 5.88 Å². The van der Waals surface area contributed by atoms with Crippen LogP contribution in [0.3, 0.4) is 0 Å². The summed E-state index contributed by atoms with van der Waals surface area (Å²) < 4.78 is 64.2. The molecule has 0 fully saturated rings. The minimum Gasteiger partial charge on any atom is -0.387 e. The first-order chi connectivity index (χ1) is 7.74. The average Bonchev–Trinajstić information content (AvgIpc) is 2.14. The zero-order chi connectivity index (χ0) is 13.2. The molecule has 0 spiro atoms. The predicted molar refractivity (Wildman–Crippen MR) is 48.2 cm³/mol. The maximum atomic E-state index is 12.4. The molecular weight excluding hydrogens is 249 g/mol. The molecule has 9 heteroatoms. The van der Waals surface area contributed by atoms with Crippen LogP contribution in [0.1, 0.15) is 17.6 Å². The van der Waals surface area contributed by atoms with Gasteiger partial charge >= 0.3 is 6.36 Å². The molecule has 0 bridgehead atoms. The molecule has 4 N–H and O–H groups in total. The highest BCUT2D eigenvalue weighted by molar-refractivity contribution is 5.46. The highest BCUT2D eigenvalue weighted by atomic mass is 19.4. The van der Waals surface area contributed by atoms with Crippen LogP contribution < -0.4 is 16.2 Å². The molecule has 0 aliphatic heterocycles. The average molecular weight is 257 g/mol. The Hall–Kier alpha value is -1.64. The summed E-state index contributed by atoms with van der Waals surface area (Å²) in [6, 6.07) is 0.744. The highest BCUT2D eigenvalue weighted by Crippen LogP contribution is 2.31. The van der Waals surface area contributed by atoms with E-state index in [1.54, 1.807) is 0 Å². The van der Waals surface area contributed by atoms with Crippen molar-refractivity contribution in [3.63, 3.8) is 0 Å². The molecule has 0 atom stereocenters. The number of nitrogen functional groups attached to an aromatic ring is 1. The van der Waals surface area contributed by atoms with Gasteiger partial charge in [-0.1, -0.05) is 0 Å². The van der Waals surface area contributed by atoms with E-state index in [9.17, 15) is 22.0 Å². The minimum atomic E-state index is -4.99. The third-order valence-corrected chi connectivity index (χ3v) is 1.79. The largest absolute Gasteiger partial charge is 0.574 e. The number of nitrogens with zero attached hydrogens (tertiary/aromatic N) is 1. The van der Waals surface area contributed by atoms with Crippen LogP contribution in [0.4, 0.5) is 27.8 Å². The Labute approximate surface area is 92.4 Å². The van der Waals surface area contributed by atoms with Crippen molar-refractivity contribution in [3.8, 4) is 5.88 Å². The second-order valence-corrected chi connectivity index (χ2v) is 2.98. The third kappa shape index (κ3) is 3.41. The van der Waals surface area contributed by atoms with E-state index in [-0.39, 0.29) is 5.56 Å². The fourth-order valence-electron chi connectivity index (χ4n) is 1.09. The molecule has 1 heterocycles. The van der Waals surface area contributed by atoms with Gasteiger partial charge < -0.3 is 16.2 Å². The molecular formula is C8H8F5N3O. The van der Waals surface area contributed by atoms with Crippen molar-refractivity contribution < 1.29 is 26.7 Å². The van der Waals surface area contributed by atoms with Crippen molar-refractivity contribution in [2.45, 2.75) is 19.3 Å². The van der Waals surface area contributed by atoms with Crippen molar-refractivity contribution in [1.82, 2.24) is 4.98 Å². The van der Waals surface area contributed by atoms with Gasteiger partial charge in [0.2, 0.25) is 5.88 Å². The maximum Gasteiger partial charge on any atom is 0.574 e. The van der Waals surface area contributed by atoms with Crippen molar-refractivity contribution in [1.29, 1.82) is 0 Å². The molecule has 96 valence electrons. The number of halogens is 5. The van der Waals surface area contributed by atoms with Gasteiger partial charge in [-0.25, -0.2) is 8.78 Å². The van der Waals surface area contributed by atoms with Crippen molar-refractivity contribution in [2.75, 3.05) is 5.73 Å². The molecule has 0 amide bonds. The Bertz CT molecular complexity index is 407. The molecule has 0 aliphatic rings.